The second-order valence-corrected chi connectivity index (χ2v) is 3.33. The summed E-state index contributed by atoms with van der Waals surface area (Å²) in [6, 6.07) is 3.17. The summed E-state index contributed by atoms with van der Waals surface area (Å²) in [5.74, 6) is 0. The van der Waals surface area contributed by atoms with Gasteiger partial charge in [0.2, 0.25) is 11.1 Å². The van der Waals surface area contributed by atoms with Crippen molar-refractivity contribution in [1.82, 2.24) is 0 Å². The molecule has 0 saturated heterocycles. The highest BCUT2D eigenvalue weighted by molar-refractivity contribution is 7.96. The van der Waals surface area contributed by atoms with Crippen molar-refractivity contribution in [3.8, 4) is 0 Å². The first-order valence-electron chi connectivity index (χ1n) is 2.40. The third-order valence-electron chi connectivity index (χ3n) is 0.881. The van der Waals surface area contributed by atoms with E-state index in [2.05, 4.69) is 0 Å². The first-order valence-corrected chi connectivity index (χ1v) is 4.39. The van der Waals surface area contributed by atoms with Crippen LogP contribution in [0.4, 0.5) is 0 Å². The highest BCUT2D eigenvalue weighted by Crippen LogP contribution is 2.09. The van der Waals surface area contributed by atoms with Crippen LogP contribution in [-0.4, -0.2) is 13.9 Å². The smallest absolute Gasteiger partial charge is 0.286 e. The maximum Gasteiger partial charge on any atom is 0.286 e. The Morgan fingerprint density at radius 1 is 1.70 bits per heavy atom. The minimum atomic E-state index is -2.37. The van der Waals surface area contributed by atoms with Gasteiger partial charge in [-0.05, 0) is 11.4 Å². The van der Waals surface area contributed by atoms with Crippen molar-refractivity contribution >= 4 is 27.5 Å². The zero-order valence-electron chi connectivity index (χ0n) is 4.81. The Morgan fingerprint density at radius 3 is 2.80 bits per heavy atom. The fraction of sp³-hybridized carbons (Fsp3) is 0. The summed E-state index contributed by atoms with van der Waals surface area (Å²) >= 11 is -1.21. The molecule has 1 atom stereocenters. The van der Waals surface area contributed by atoms with Crippen LogP contribution >= 0.6 is 11.3 Å². The molecule has 54 valence electrons. The molecule has 0 amide bonds. The maximum atomic E-state index is 10.7. The van der Waals surface area contributed by atoms with E-state index in [9.17, 15) is 9.00 Å². The highest BCUT2D eigenvalue weighted by atomic mass is 32.2. The second kappa shape index (κ2) is 3.05. The van der Waals surface area contributed by atoms with Gasteiger partial charge in [0, 0.05) is 0 Å². The molecular formula is C5H4O3S2. The Hall–Kier alpha value is -0.520. The van der Waals surface area contributed by atoms with E-state index in [1.54, 1.807) is 11.4 Å². The molecule has 0 aliphatic heterocycles. The minimum absolute atomic E-state index is 0.320. The molecule has 0 radical (unpaired) electrons. The van der Waals surface area contributed by atoms with Crippen molar-refractivity contribution in [2.45, 2.75) is 0 Å². The molecule has 0 spiro atoms. The van der Waals surface area contributed by atoms with E-state index in [0.717, 1.165) is 11.3 Å². The van der Waals surface area contributed by atoms with Crippen molar-refractivity contribution in [3.05, 3.63) is 22.4 Å². The van der Waals surface area contributed by atoms with Gasteiger partial charge in [0.15, 0.2) is 0 Å². The predicted molar refractivity (Wildman–Crippen MR) is 39.4 cm³/mol. The minimum Gasteiger partial charge on any atom is -0.300 e. The lowest BCUT2D eigenvalue weighted by molar-refractivity contribution is 0.107. The van der Waals surface area contributed by atoms with Crippen LogP contribution in [0.5, 0.6) is 0 Å². The summed E-state index contributed by atoms with van der Waals surface area (Å²) in [5, 5.41) is 0.954. The molecule has 0 aliphatic carbocycles. The molecule has 3 nitrogen and oxygen atoms in total. The third-order valence-corrected chi connectivity index (χ3v) is 2.42. The fourth-order valence-corrected chi connectivity index (χ4v) is 1.64. The van der Waals surface area contributed by atoms with E-state index >= 15 is 0 Å². The molecule has 10 heavy (non-hydrogen) atoms. The topological polar surface area (TPSA) is 54.4 Å². The zero-order valence-corrected chi connectivity index (χ0v) is 6.45. The molecule has 5 heteroatoms. The van der Waals surface area contributed by atoms with E-state index < -0.39 is 16.2 Å². The summed E-state index contributed by atoms with van der Waals surface area (Å²) in [4.78, 5) is 11.0. The zero-order chi connectivity index (χ0) is 7.56. The average Bonchev–Trinajstić information content (AvgIpc) is 2.36. The number of carbonyl (C=O) groups excluding carboxylic acids is 1. The van der Waals surface area contributed by atoms with Crippen LogP contribution in [0.1, 0.15) is 9.67 Å². The molecule has 1 N–H and O–H groups in total. The number of hydrogen-bond acceptors (Lipinski definition) is 3. The molecule has 1 rings (SSSR count). The molecule has 0 saturated carbocycles. The Kier molecular flexibility index (Phi) is 2.31. The van der Waals surface area contributed by atoms with Gasteiger partial charge in [0.25, 0.3) is 5.12 Å². The lowest BCUT2D eigenvalue weighted by atomic mass is 10.5. The first kappa shape index (κ1) is 7.59. The van der Waals surface area contributed by atoms with Gasteiger partial charge in [-0.15, -0.1) is 11.3 Å². The molecular weight excluding hydrogens is 172 g/mol. The predicted octanol–water partition coefficient (Wildman–Crippen LogP) is 1.11. The van der Waals surface area contributed by atoms with Crippen molar-refractivity contribution in [3.63, 3.8) is 0 Å². The van der Waals surface area contributed by atoms with Gasteiger partial charge in [0.1, 0.15) is 0 Å². The molecule has 1 aromatic rings. The molecule has 1 unspecified atom stereocenters. The van der Waals surface area contributed by atoms with E-state index in [0.29, 0.717) is 4.88 Å². The first-order chi connectivity index (χ1) is 4.72. The van der Waals surface area contributed by atoms with Gasteiger partial charge in [-0.1, -0.05) is 6.07 Å². The quantitative estimate of drug-likeness (QED) is 0.652. The molecule has 0 aromatic carbocycles. The highest BCUT2D eigenvalue weighted by Gasteiger charge is 2.11. The Balaban J connectivity index is 2.88. The van der Waals surface area contributed by atoms with Crippen LogP contribution in [0, 0.1) is 0 Å². The van der Waals surface area contributed by atoms with Crippen LogP contribution in [0.3, 0.4) is 0 Å². The summed E-state index contributed by atoms with van der Waals surface area (Å²) < 4.78 is 18.5. The lowest BCUT2D eigenvalue weighted by Crippen LogP contribution is -2.03. The monoisotopic (exact) mass is 176 g/mol. The van der Waals surface area contributed by atoms with E-state index in [1.165, 1.54) is 6.07 Å². The van der Waals surface area contributed by atoms with Crippen molar-refractivity contribution < 1.29 is 13.6 Å². The van der Waals surface area contributed by atoms with E-state index in [-0.39, 0.29) is 0 Å². The number of rotatable bonds is 1. The van der Waals surface area contributed by atoms with Crippen molar-refractivity contribution in [2.75, 3.05) is 0 Å². The van der Waals surface area contributed by atoms with Gasteiger partial charge in [-0.25, -0.2) is 4.21 Å². The van der Waals surface area contributed by atoms with Gasteiger partial charge >= 0.3 is 0 Å². The van der Waals surface area contributed by atoms with Gasteiger partial charge in [-0.2, -0.15) is 0 Å². The lowest BCUT2D eigenvalue weighted by Gasteiger charge is -1.85. The summed E-state index contributed by atoms with van der Waals surface area (Å²) in [7, 11) is 0. The Labute approximate surface area is 64.0 Å². The summed E-state index contributed by atoms with van der Waals surface area (Å²) in [6.45, 7) is 0. The largest absolute Gasteiger partial charge is 0.300 e. The van der Waals surface area contributed by atoms with Crippen molar-refractivity contribution in [1.29, 1.82) is 0 Å². The molecule has 1 aromatic heterocycles. The number of thiophene rings is 1. The van der Waals surface area contributed by atoms with Crippen LogP contribution in [0.15, 0.2) is 17.5 Å². The summed E-state index contributed by atoms with van der Waals surface area (Å²) in [6.07, 6.45) is 0. The van der Waals surface area contributed by atoms with Crippen LogP contribution in [0.2, 0.25) is 0 Å². The summed E-state index contributed by atoms with van der Waals surface area (Å²) in [5.41, 5.74) is 0. The van der Waals surface area contributed by atoms with E-state index in [1.807, 2.05) is 0 Å². The average molecular weight is 176 g/mol. The fourth-order valence-electron chi connectivity index (χ4n) is 0.481. The van der Waals surface area contributed by atoms with Crippen LogP contribution < -0.4 is 0 Å². The second-order valence-electron chi connectivity index (χ2n) is 1.51. The van der Waals surface area contributed by atoms with Gasteiger partial charge in [-0.3, -0.25) is 9.35 Å². The SMILES string of the molecule is O=C(c1cccs1)S(=O)O. The molecule has 0 bridgehead atoms. The normalized spacial score (nSPS) is 12.9. The molecule has 0 aliphatic rings. The van der Waals surface area contributed by atoms with Crippen molar-refractivity contribution in [2.24, 2.45) is 0 Å². The molecule has 0 fully saturated rings. The molecule has 1 heterocycles. The van der Waals surface area contributed by atoms with Crippen LogP contribution in [-0.2, 0) is 11.1 Å². The number of hydrogen-bond donors (Lipinski definition) is 1. The van der Waals surface area contributed by atoms with Gasteiger partial charge < -0.3 is 0 Å². The third kappa shape index (κ3) is 1.50. The van der Waals surface area contributed by atoms with Crippen LogP contribution in [0.25, 0.3) is 0 Å². The number of carbonyl (C=O) groups is 1. The maximum absolute atomic E-state index is 10.7. The Bertz CT molecular complexity index is 252. The van der Waals surface area contributed by atoms with E-state index in [4.69, 9.17) is 4.55 Å². The standard InChI is InChI=1S/C5H4O3S2/c6-5(10(7)8)4-2-1-3-9-4/h1-3H,(H,7,8). The Morgan fingerprint density at radius 2 is 2.40 bits per heavy atom. The van der Waals surface area contributed by atoms with Gasteiger partial charge in [0.05, 0.1) is 4.88 Å².